The number of nitrogens with zero attached hydrogens (tertiary/aromatic N) is 1. The highest BCUT2D eigenvalue weighted by molar-refractivity contribution is 5.94. The number of hydrogen-bond acceptors (Lipinski definition) is 2. The van der Waals surface area contributed by atoms with Gasteiger partial charge in [-0.3, -0.25) is 4.79 Å². The monoisotopic (exact) mass is 269 g/mol. The van der Waals surface area contributed by atoms with Crippen LogP contribution >= 0.6 is 0 Å². The fourth-order valence-corrected chi connectivity index (χ4v) is 1.71. The van der Waals surface area contributed by atoms with E-state index in [-0.39, 0.29) is 5.56 Å². The van der Waals surface area contributed by atoms with E-state index in [2.05, 4.69) is 0 Å². The van der Waals surface area contributed by atoms with Gasteiger partial charge in [0, 0.05) is 20.2 Å². The van der Waals surface area contributed by atoms with Crippen LogP contribution in [0.15, 0.2) is 18.2 Å². The van der Waals surface area contributed by atoms with E-state index in [4.69, 9.17) is 4.74 Å². The molecule has 1 aliphatic carbocycles. The highest BCUT2D eigenvalue weighted by Gasteiger charge is 2.22. The van der Waals surface area contributed by atoms with Crippen LogP contribution in [-0.4, -0.2) is 37.6 Å². The van der Waals surface area contributed by atoms with Crippen LogP contribution in [0.5, 0.6) is 0 Å². The number of carbonyl (C=O) groups is 1. The van der Waals surface area contributed by atoms with E-state index in [1.165, 1.54) is 29.9 Å². The van der Waals surface area contributed by atoms with Gasteiger partial charge in [0.25, 0.3) is 5.91 Å². The highest BCUT2D eigenvalue weighted by Crippen LogP contribution is 2.28. The van der Waals surface area contributed by atoms with Gasteiger partial charge in [0.1, 0.15) is 0 Å². The Hall–Kier alpha value is -1.49. The fourth-order valence-electron chi connectivity index (χ4n) is 1.71. The minimum atomic E-state index is -1.10. The van der Waals surface area contributed by atoms with E-state index in [0.717, 1.165) is 12.7 Å². The standard InChI is InChI=1S/C14H17F2NO2/c1-17(7-8-19-9-10-5-6-10)14(18)11-3-2-4-12(15)13(11)16/h2-4,10H,5-9H2,1H3. The molecule has 2 rings (SSSR count). The average Bonchev–Trinajstić information content (AvgIpc) is 3.21. The highest BCUT2D eigenvalue weighted by atomic mass is 19.2. The molecule has 1 aromatic rings. The summed E-state index contributed by atoms with van der Waals surface area (Å²) in [6.07, 6.45) is 2.42. The second-order valence-corrected chi connectivity index (χ2v) is 4.85. The summed E-state index contributed by atoms with van der Waals surface area (Å²) in [5.41, 5.74) is -0.246. The summed E-state index contributed by atoms with van der Waals surface area (Å²) in [7, 11) is 1.55. The van der Waals surface area contributed by atoms with Crippen molar-refractivity contribution in [3.63, 3.8) is 0 Å². The van der Waals surface area contributed by atoms with Crippen LogP contribution in [0.25, 0.3) is 0 Å². The SMILES string of the molecule is CN(CCOCC1CC1)C(=O)c1cccc(F)c1F. The van der Waals surface area contributed by atoms with E-state index < -0.39 is 17.5 Å². The van der Waals surface area contributed by atoms with Gasteiger partial charge in [0.05, 0.1) is 12.2 Å². The summed E-state index contributed by atoms with van der Waals surface area (Å²) in [5, 5.41) is 0. The number of halogens is 2. The topological polar surface area (TPSA) is 29.5 Å². The molecule has 1 saturated carbocycles. The summed E-state index contributed by atoms with van der Waals surface area (Å²) in [5.74, 6) is -1.98. The predicted octanol–water partition coefficient (Wildman–Crippen LogP) is 2.46. The van der Waals surface area contributed by atoms with Crippen molar-refractivity contribution < 1.29 is 18.3 Å². The van der Waals surface area contributed by atoms with E-state index in [1.807, 2.05) is 0 Å². The van der Waals surface area contributed by atoms with Gasteiger partial charge in [-0.05, 0) is 30.9 Å². The minimum Gasteiger partial charge on any atom is -0.379 e. The molecule has 1 fully saturated rings. The van der Waals surface area contributed by atoms with Crippen molar-refractivity contribution >= 4 is 5.91 Å². The molecular weight excluding hydrogens is 252 g/mol. The van der Waals surface area contributed by atoms with Gasteiger partial charge in [-0.15, -0.1) is 0 Å². The second-order valence-electron chi connectivity index (χ2n) is 4.85. The summed E-state index contributed by atoms with van der Waals surface area (Å²) < 4.78 is 31.9. The van der Waals surface area contributed by atoms with E-state index in [0.29, 0.717) is 19.1 Å². The van der Waals surface area contributed by atoms with Gasteiger partial charge in [0.2, 0.25) is 0 Å². The third-order valence-electron chi connectivity index (χ3n) is 3.15. The molecule has 0 N–H and O–H groups in total. The van der Waals surface area contributed by atoms with Gasteiger partial charge < -0.3 is 9.64 Å². The molecule has 19 heavy (non-hydrogen) atoms. The van der Waals surface area contributed by atoms with Crippen molar-refractivity contribution in [3.05, 3.63) is 35.4 Å². The second kappa shape index (κ2) is 6.10. The predicted molar refractivity (Wildman–Crippen MR) is 66.9 cm³/mol. The van der Waals surface area contributed by atoms with Gasteiger partial charge in [0.15, 0.2) is 11.6 Å². The molecule has 0 aliphatic heterocycles. The molecule has 1 aliphatic rings. The maximum Gasteiger partial charge on any atom is 0.256 e. The van der Waals surface area contributed by atoms with Gasteiger partial charge in [-0.2, -0.15) is 0 Å². The van der Waals surface area contributed by atoms with E-state index in [1.54, 1.807) is 7.05 Å². The molecule has 3 nitrogen and oxygen atoms in total. The number of ether oxygens (including phenoxy) is 1. The zero-order chi connectivity index (χ0) is 13.8. The molecule has 0 saturated heterocycles. The van der Waals surface area contributed by atoms with Crippen LogP contribution in [0.3, 0.4) is 0 Å². The quantitative estimate of drug-likeness (QED) is 0.742. The Bertz CT molecular complexity index is 461. The molecule has 1 aromatic carbocycles. The molecule has 5 heteroatoms. The average molecular weight is 269 g/mol. The number of rotatable bonds is 6. The Labute approximate surface area is 111 Å². The molecule has 0 heterocycles. The van der Waals surface area contributed by atoms with Crippen molar-refractivity contribution in [2.75, 3.05) is 26.8 Å². The van der Waals surface area contributed by atoms with Crippen LogP contribution < -0.4 is 0 Å². The Morgan fingerprint density at radius 1 is 1.42 bits per heavy atom. The van der Waals surface area contributed by atoms with Crippen LogP contribution in [0.2, 0.25) is 0 Å². The van der Waals surface area contributed by atoms with Crippen LogP contribution in [-0.2, 0) is 4.74 Å². The lowest BCUT2D eigenvalue weighted by Gasteiger charge is -2.17. The lowest BCUT2D eigenvalue weighted by molar-refractivity contribution is 0.0676. The third-order valence-corrected chi connectivity index (χ3v) is 3.15. The first-order valence-corrected chi connectivity index (χ1v) is 6.37. The number of hydrogen-bond donors (Lipinski definition) is 0. The van der Waals surface area contributed by atoms with Gasteiger partial charge in [-0.25, -0.2) is 8.78 Å². The molecule has 0 spiro atoms. The Morgan fingerprint density at radius 3 is 2.84 bits per heavy atom. The van der Waals surface area contributed by atoms with Crippen LogP contribution in [0.4, 0.5) is 8.78 Å². The Morgan fingerprint density at radius 2 is 2.16 bits per heavy atom. The number of carbonyl (C=O) groups excluding carboxylic acids is 1. The maximum absolute atomic E-state index is 13.5. The molecular formula is C14H17F2NO2. The lowest BCUT2D eigenvalue weighted by Crippen LogP contribution is -2.31. The largest absolute Gasteiger partial charge is 0.379 e. The van der Waals surface area contributed by atoms with Gasteiger partial charge in [-0.1, -0.05) is 6.07 Å². The maximum atomic E-state index is 13.5. The Kier molecular flexibility index (Phi) is 4.47. The van der Waals surface area contributed by atoms with Gasteiger partial charge >= 0.3 is 0 Å². The minimum absolute atomic E-state index is 0.246. The molecule has 0 radical (unpaired) electrons. The first-order chi connectivity index (χ1) is 9.09. The van der Waals surface area contributed by atoms with Crippen LogP contribution in [0.1, 0.15) is 23.2 Å². The first kappa shape index (κ1) is 13.9. The summed E-state index contributed by atoms with van der Waals surface area (Å²) in [6, 6.07) is 3.59. The van der Waals surface area contributed by atoms with E-state index >= 15 is 0 Å². The molecule has 104 valence electrons. The van der Waals surface area contributed by atoms with E-state index in [9.17, 15) is 13.6 Å². The Balaban J connectivity index is 1.84. The normalized spacial score (nSPS) is 14.5. The van der Waals surface area contributed by atoms with Crippen molar-refractivity contribution in [2.45, 2.75) is 12.8 Å². The first-order valence-electron chi connectivity index (χ1n) is 6.37. The molecule has 0 atom stereocenters. The third kappa shape index (κ3) is 3.73. The van der Waals surface area contributed by atoms with Crippen molar-refractivity contribution in [1.29, 1.82) is 0 Å². The number of benzene rings is 1. The van der Waals surface area contributed by atoms with Crippen molar-refractivity contribution in [1.82, 2.24) is 4.90 Å². The summed E-state index contributed by atoms with van der Waals surface area (Å²) >= 11 is 0. The molecule has 0 aromatic heterocycles. The zero-order valence-corrected chi connectivity index (χ0v) is 10.9. The van der Waals surface area contributed by atoms with Crippen molar-refractivity contribution in [2.24, 2.45) is 5.92 Å². The van der Waals surface area contributed by atoms with Crippen molar-refractivity contribution in [3.8, 4) is 0 Å². The fraction of sp³-hybridized carbons (Fsp3) is 0.500. The number of amides is 1. The smallest absolute Gasteiger partial charge is 0.256 e. The zero-order valence-electron chi connectivity index (χ0n) is 10.9. The molecule has 1 amide bonds. The van der Waals surface area contributed by atoms with Crippen LogP contribution in [0, 0.1) is 17.6 Å². The lowest BCUT2D eigenvalue weighted by atomic mass is 10.2. The molecule has 0 bridgehead atoms. The number of likely N-dealkylation sites (N-methyl/N-ethyl adjacent to an activating group) is 1. The molecule has 0 unspecified atom stereocenters. The summed E-state index contributed by atoms with van der Waals surface area (Å²) in [6.45, 7) is 1.49. The summed E-state index contributed by atoms with van der Waals surface area (Å²) in [4.78, 5) is 13.3.